The molecule has 2 aromatic rings. The Hall–Kier alpha value is -1.88. The van der Waals surface area contributed by atoms with Crippen molar-refractivity contribution in [2.45, 2.75) is 31.7 Å². The van der Waals surface area contributed by atoms with Gasteiger partial charge in [0, 0.05) is 11.4 Å². The van der Waals surface area contributed by atoms with E-state index in [2.05, 4.69) is 26.8 Å². The van der Waals surface area contributed by atoms with Crippen molar-refractivity contribution < 1.29 is 0 Å². The lowest BCUT2D eigenvalue weighted by Crippen LogP contribution is -2.26. The third-order valence-corrected chi connectivity index (χ3v) is 4.79. The molecular formula is C15H19N5. The van der Waals surface area contributed by atoms with E-state index in [1.807, 2.05) is 18.2 Å². The quantitative estimate of drug-likeness (QED) is 0.589. The third kappa shape index (κ3) is 1.89. The molecule has 1 heterocycles. The third-order valence-electron chi connectivity index (χ3n) is 4.79. The first kappa shape index (κ1) is 11.9. The number of rotatable bonds is 3. The zero-order chi connectivity index (χ0) is 13.5. The molecule has 2 aliphatic carbocycles. The molecule has 0 radical (unpaired) electrons. The predicted molar refractivity (Wildman–Crippen MR) is 80.2 cm³/mol. The van der Waals surface area contributed by atoms with Gasteiger partial charge in [-0.1, -0.05) is 18.6 Å². The molecule has 5 nitrogen and oxygen atoms in total. The Morgan fingerprint density at radius 2 is 2.00 bits per heavy atom. The molecule has 2 bridgehead atoms. The van der Waals surface area contributed by atoms with Gasteiger partial charge in [0.1, 0.15) is 5.82 Å². The summed E-state index contributed by atoms with van der Waals surface area (Å²) < 4.78 is 0. The van der Waals surface area contributed by atoms with Crippen molar-refractivity contribution in [2.75, 3.05) is 10.7 Å². The van der Waals surface area contributed by atoms with E-state index in [-0.39, 0.29) is 0 Å². The molecule has 4 rings (SSSR count). The highest BCUT2D eigenvalue weighted by Gasteiger charge is 2.39. The number of benzene rings is 1. The zero-order valence-corrected chi connectivity index (χ0v) is 11.3. The van der Waals surface area contributed by atoms with Crippen LogP contribution in [0, 0.1) is 11.8 Å². The number of nitrogens with two attached hydrogens (primary N) is 1. The Morgan fingerprint density at radius 1 is 1.10 bits per heavy atom. The van der Waals surface area contributed by atoms with E-state index in [9.17, 15) is 0 Å². The first-order chi connectivity index (χ1) is 9.83. The monoisotopic (exact) mass is 269 g/mol. The van der Waals surface area contributed by atoms with Crippen LogP contribution in [0.2, 0.25) is 0 Å². The van der Waals surface area contributed by atoms with E-state index >= 15 is 0 Å². The largest absolute Gasteiger partial charge is 0.366 e. The van der Waals surface area contributed by atoms with Gasteiger partial charge in [0.2, 0.25) is 5.95 Å². The van der Waals surface area contributed by atoms with Crippen LogP contribution >= 0.6 is 0 Å². The molecular weight excluding hydrogens is 250 g/mol. The number of para-hydroxylation sites is 1. The average Bonchev–Trinajstić information content (AvgIpc) is 3.09. The van der Waals surface area contributed by atoms with Crippen LogP contribution < -0.4 is 16.6 Å². The van der Waals surface area contributed by atoms with E-state index < -0.39 is 0 Å². The average molecular weight is 269 g/mol. The SMILES string of the molecule is NNc1nc(NC2CC3CCC2C3)c2ccccc2n1. The number of hydrazine groups is 1. The zero-order valence-electron chi connectivity index (χ0n) is 11.3. The molecule has 2 aliphatic rings. The molecule has 2 fully saturated rings. The number of nitrogens with one attached hydrogen (secondary N) is 2. The van der Waals surface area contributed by atoms with Crippen LogP contribution in [0.3, 0.4) is 0 Å². The predicted octanol–water partition coefficient (Wildman–Crippen LogP) is 2.52. The van der Waals surface area contributed by atoms with E-state index in [4.69, 9.17) is 5.84 Å². The maximum Gasteiger partial charge on any atom is 0.239 e. The summed E-state index contributed by atoms with van der Waals surface area (Å²) in [5, 5.41) is 4.71. The number of hydrogen-bond donors (Lipinski definition) is 3. The Kier molecular flexibility index (Phi) is 2.73. The molecule has 2 saturated carbocycles. The van der Waals surface area contributed by atoms with Crippen LogP contribution in [0.15, 0.2) is 24.3 Å². The topological polar surface area (TPSA) is 75.9 Å². The van der Waals surface area contributed by atoms with Gasteiger partial charge in [-0.2, -0.15) is 4.98 Å². The molecule has 5 heteroatoms. The molecule has 1 aromatic carbocycles. The van der Waals surface area contributed by atoms with Gasteiger partial charge in [-0.15, -0.1) is 0 Å². The molecule has 0 saturated heterocycles. The van der Waals surface area contributed by atoms with Crippen LogP contribution in [-0.2, 0) is 0 Å². The van der Waals surface area contributed by atoms with E-state index in [0.29, 0.717) is 12.0 Å². The van der Waals surface area contributed by atoms with Gasteiger partial charge in [0.15, 0.2) is 0 Å². The van der Waals surface area contributed by atoms with Crippen LogP contribution in [0.1, 0.15) is 25.7 Å². The van der Waals surface area contributed by atoms with Crippen molar-refractivity contribution in [2.24, 2.45) is 17.7 Å². The minimum atomic E-state index is 0.467. The van der Waals surface area contributed by atoms with Gasteiger partial charge in [0.25, 0.3) is 0 Å². The summed E-state index contributed by atoms with van der Waals surface area (Å²) in [6.07, 6.45) is 5.41. The van der Waals surface area contributed by atoms with Crippen LogP contribution in [-0.4, -0.2) is 16.0 Å². The minimum Gasteiger partial charge on any atom is -0.366 e. The summed E-state index contributed by atoms with van der Waals surface area (Å²) in [6.45, 7) is 0. The second-order valence-electron chi connectivity index (χ2n) is 5.98. The maximum absolute atomic E-state index is 5.48. The molecule has 1 aromatic heterocycles. The number of nitrogens with zero attached hydrogens (tertiary/aromatic N) is 2. The lowest BCUT2D eigenvalue weighted by atomic mass is 9.95. The van der Waals surface area contributed by atoms with Crippen LogP contribution in [0.25, 0.3) is 10.9 Å². The normalized spacial score (nSPS) is 27.9. The summed E-state index contributed by atoms with van der Waals surface area (Å²) in [5.74, 6) is 8.57. The minimum absolute atomic E-state index is 0.467. The highest BCUT2D eigenvalue weighted by atomic mass is 15.3. The molecule has 0 spiro atoms. The van der Waals surface area contributed by atoms with Gasteiger partial charge in [-0.3, -0.25) is 5.43 Å². The van der Waals surface area contributed by atoms with Crippen molar-refractivity contribution >= 4 is 22.7 Å². The highest BCUT2D eigenvalue weighted by molar-refractivity contribution is 5.90. The Balaban J connectivity index is 1.71. The molecule has 104 valence electrons. The van der Waals surface area contributed by atoms with Crippen LogP contribution in [0.5, 0.6) is 0 Å². The summed E-state index contributed by atoms with van der Waals surface area (Å²) in [6, 6.07) is 8.61. The fourth-order valence-corrected chi connectivity index (χ4v) is 3.85. The van der Waals surface area contributed by atoms with Gasteiger partial charge >= 0.3 is 0 Å². The molecule has 0 aliphatic heterocycles. The summed E-state index contributed by atoms with van der Waals surface area (Å²) in [4.78, 5) is 8.90. The smallest absolute Gasteiger partial charge is 0.239 e. The standard InChI is InChI=1S/C15H19N5/c16-20-15-18-12-4-2-1-3-11(12)14(19-15)17-13-8-9-5-6-10(13)7-9/h1-4,9-10,13H,5-8,16H2,(H2,17,18,19,20). The van der Waals surface area contributed by atoms with Crippen molar-refractivity contribution in [3.63, 3.8) is 0 Å². The Morgan fingerprint density at radius 3 is 2.75 bits per heavy atom. The van der Waals surface area contributed by atoms with Gasteiger partial charge in [0.05, 0.1) is 5.52 Å². The number of fused-ring (bicyclic) bond motifs is 3. The summed E-state index contributed by atoms with van der Waals surface area (Å²) >= 11 is 0. The van der Waals surface area contributed by atoms with Crippen molar-refractivity contribution in [3.8, 4) is 0 Å². The lowest BCUT2D eigenvalue weighted by Gasteiger charge is -2.24. The Bertz CT molecular complexity index is 641. The molecule has 20 heavy (non-hydrogen) atoms. The summed E-state index contributed by atoms with van der Waals surface area (Å²) in [5.41, 5.74) is 3.47. The van der Waals surface area contributed by atoms with E-state index in [1.54, 1.807) is 0 Å². The highest BCUT2D eigenvalue weighted by Crippen LogP contribution is 2.45. The maximum atomic E-state index is 5.48. The number of anilines is 2. The van der Waals surface area contributed by atoms with Gasteiger partial charge in [-0.05, 0) is 43.2 Å². The van der Waals surface area contributed by atoms with Gasteiger partial charge in [-0.25, -0.2) is 10.8 Å². The fraction of sp³-hybridized carbons (Fsp3) is 0.467. The molecule has 3 atom stereocenters. The number of hydrogen-bond acceptors (Lipinski definition) is 5. The van der Waals surface area contributed by atoms with Crippen molar-refractivity contribution in [3.05, 3.63) is 24.3 Å². The summed E-state index contributed by atoms with van der Waals surface area (Å²) in [7, 11) is 0. The second kappa shape index (κ2) is 4.59. The van der Waals surface area contributed by atoms with Crippen molar-refractivity contribution in [1.82, 2.24) is 9.97 Å². The van der Waals surface area contributed by atoms with Crippen molar-refractivity contribution in [1.29, 1.82) is 0 Å². The molecule has 0 amide bonds. The Labute approximate surface area is 118 Å². The van der Waals surface area contributed by atoms with E-state index in [1.165, 1.54) is 25.7 Å². The van der Waals surface area contributed by atoms with Gasteiger partial charge < -0.3 is 5.32 Å². The number of aromatic nitrogens is 2. The van der Waals surface area contributed by atoms with Crippen LogP contribution in [0.4, 0.5) is 11.8 Å². The fourth-order valence-electron chi connectivity index (χ4n) is 3.85. The number of nitrogen functional groups attached to an aromatic ring is 1. The second-order valence-corrected chi connectivity index (χ2v) is 5.98. The lowest BCUT2D eigenvalue weighted by molar-refractivity contribution is 0.439. The molecule has 4 N–H and O–H groups in total. The van der Waals surface area contributed by atoms with E-state index in [0.717, 1.165) is 28.6 Å². The molecule has 3 unspecified atom stereocenters. The first-order valence-electron chi connectivity index (χ1n) is 7.33. The first-order valence-corrected chi connectivity index (χ1v) is 7.33.